The largest absolute Gasteiger partial charge is 0.507 e. The van der Waals surface area contributed by atoms with Crippen molar-refractivity contribution < 1.29 is 28.2 Å². The first kappa shape index (κ1) is 20.4. The van der Waals surface area contributed by atoms with E-state index in [-0.39, 0.29) is 23.7 Å². The summed E-state index contributed by atoms with van der Waals surface area (Å²) in [6.45, 7) is 0.195. The average Bonchev–Trinajstić information content (AvgIpc) is 3.40. The molecule has 1 saturated heterocycles. The molecule has 1 aromatic heterocycles. The topological polar surface area (TPSA) is 80.0 Å². The van der Waals surface area contributed by atoms with Crippen LogP contribution >= 0.6 is 0 Å². The number of furan rings is 1. The number of ketones is 1. The molecule has 2 heterocycles. The molecule has 2 aromatic carbocycles. The Morgan fingerprint density at radius 3 is 2.42 bits per heavy atom. The number of Topliss-reactive ketones (excluding diaryl/α,β-unsaturated/α-hetero) is 1. The molecular formula is C24H20FNO5. The number of carbonyl (C=O) groups excluding carboxylic acids is 2. The molecule has 0 saturated carbocycles. The third-order valence-electron chi connectivity index (χ3n) is 5.27. The number of nitrogens with zero attached hydrogens (tertiary/aromatic N) is 1. The number of hydrogen-bond donors (Lipinski definition) is 1. The standard InChI is InChI=1S/C24H20FNO5/c1-30-18-10-6-16(7-11-18)22(27)20-21(19-3-2-14-31-19)26(24(29)23(20)28)13-12-15-4-8-17(25)9-5-15/h2-11,14,21,27H,12-13H2,1H3/b22-20-. The first-order chi connectivity index (χ1) is 15.0. The van der Waals surface area contributed by atoms with Crippen molar-refractivity contribution in [2.45, 2.75) is 12.5 Å². The second-order valence-corrected chi connectivity index (χ2v) is 7.11. The Labute approximate surface area is 178 Å². The predicted octanol–water partition coefficient (Wildman–Crippen LogP) is 4.09. The molecule has 0 aliphatic carbocycles. The average molecular weight is 421 g/mol. The molecule has 1 aliphatic heterocycles. The highest BCUT2D eigenvalue weighted by molar-refractivity contribution is 6.46. The van der Waals surface area contributed by atoms with Gasteiger partial charge in [0, 0.05) is 12.1 Å². The minimum atomic E-state index is -0.863. The molecule has 0 radical (unpaired) electrons. The highest BCUT2D eigenvalue weighted by Crippen LogP contribution is 2.39. The number of aliphatic hydroxyl groups excluding tert-OH is 1. The number of benzene rings is 2. The lowest BCUT2D eigenvalue weighted by Gasteiger charge is -2.23. The van der Waals surface area contributed by atoms with Crippen LogP contribution in [0, 0.1) is 5.82 Å². The van der Waals surface area contributed by atoms with Crippen LogP contribution in [0.25, 0.3) is 5.76 Å². The van der Waals surface area contributed by atoms with Crippen molar-refractivity contribution in [2.24, 2.45) is 0 Å². The van der Waals surface area contributed by atoms with Crippen molar-refractivity contribution in [1.29, 1.82) is 0 Å². The molecule has 1 amide bonds. The molecule has 1 atom stereocenters. The number of carbonyl (C=O) groups is 2. The zero-order valence-electron chi connectivity index (χ0n) is 16.7. The number of halogens is 1. The maximum absolute atomic E-state index is 13.2. The van der Waals surface area contributed by atoms with E-state index < -0.39 is 17.7 Å². The van der Waals surface area contributed by atoms with Crippen molar-refractivity contribution in [3.63, 3.8) is 0 Å². The molecule has 4 rings (SSSR count). The summed E-state index contributed by atoms with van der Waals surface area (Å²) in [6.07, 6.45) is 1.86. The Morgan fingerprint density at radius 2 is 1.81 bits per heavy atom. The molecule has 6 nitrogen and oxygen atoms in total. The van der Waals surface area contributed by atoms with Crippen molar-refractivity contribution in [2.75, 3.05) is 13.7 Å². The van der Waals surface area contributed by atoms with Gasteiger partial charge < -0.3 is 19.2 Å². The van der Waals surface area contributed by atoms with Crippen LogP contribution in [0.4, 0.5) is 4.39 Å². The van der Waals surface area contributed by atoms with Gasteiger partial charge in [-0.2, -0.15) is 0 Å². The SMILES string of the molecule is COc1ccc(/C(O)=C2/C(=O)C(=O)N(CCc3ccc(F)cc3)C2c2ccco2)cc1. The van der Waals surface area contributed by atoms with E-state index >= 15 is 0 Å². The minimum absolute atomic E-state index is 0.0378. The number of rotatable bonds is 6. The summed E-state index contributed by atoms with van der Waals surface area (Å²) in [4.78, 5) is 27.1. The van der Waals surface area contributed by atoms with Gasteiger partial charge in [0.05, 0.1) is 18.9 Å². The van der Waals surface area contributed by atoms with Crippen LogP contribution in [-0.4, -0.2) is 35.4 Å². The van der Waals surface area contributed by atoms with E-state index in [4.69, 9.17) is 9.15 Å². The zero-order valence-corrected chi connectivity index (χ0v) is 16.7. The monoisotopic (exact) mass is 421 g/mol. The lowest BCUT2D eigenvalue weighted by Crippen LogP contribution is -2.31. The fourth-order valence-electron chi connectivity index (χ4n) is 3.66. The van der Waals surface area contributed by atoms with E-state index in [1.165, 1.54) is 30.4 Å². The molecule has 0 spiro atoms. The summed E-state index contributed by atoms with van der Waals surface area (Å²) < 4.78 is 23.8. The highest BCUT2D eigenvalue weighted by Gasteiger charge is 2.47. The summed E-state index contributed by atoms with van der Waals surface area (Å²) >= 11 is 0. The Hall–Kier alpha value is -3.87. The van der Waals surface area contributed by atoms with Crippen molar-refractivity contribution in [3.05, 3.63) is 95.2 Å². The van der Waals surface area contributed by atoms with Gasteiger partial charge in [-0.15, -0.1) is 0 Å². The van der Waals surface area contributed by atoms with Crippen LogP contribution in [0.3, 0.4) is 0 Å². The number of aliphatic hydroxyl groups is 1. The molecule has 1 N–H and O–H groups in total. The Balaban J connectivity index is 1.71. The summed E-state index contributed by atoms with van der Waals surface area (Å²) in [5, 5.41) is 10.9. The molecular weight excluding hydrogens is 401 g/mol. The van der Waals surface area contributed by atoms with Crippen molar-refractivity contribution >= 4 is 17.4 Å². The zero-order chi connectivity index (χ0) is 22.0. The number of likely N-dealkylation sites (tertiary alicyclic amines) is 1. The quantitative estimate of drug-likeness (QED) is 0.368. The maximum Gasteiger partial charge on any atom is 0.295 e. The number of ether oxygens (including phenoxy) is 1. The van der Waals surface area contributed by atoms with Gasteiger partial charge in [-0.1, -0.05) is 12.1 Å². The van der Waals surface area contributed by atoms with Gasteiger partial charge in [0.2, 0.25) is 0 Å². The van der Waals surface area contributed by atoms with Gasteiger partial charge in [-0.3, -0.25) is 9.59 Å². The smallest absolute Gasteiger partial charge is 0.295 e. The Morgan fingerprint density at radius 1 is 1.10 bits per heavy atom. The number of methoxy groups -OCH3 is 1. The van der Waals surface area contributed by atoms with Crippen LogP contribution in [0.15, 0.2) is 76.9 Å². The van der Waals surface area contributed by atoms with E-state index in [0.717, 1.165) is 5.56 Å². The molecule has 158 valence electrons. The molecule has 31 heavy (non-hydrogen) atoms. The second-order valence-electron chi connectivity index (χ2n) is 7.11. The van der Waals surface area contributed by atoms with Gasteiger partial charge in [0.1, 0.15) is 29.1 Å². The molecule has 1 fully saturated rings. The van der Waals surface area contributed by atoms with Crippen LogP contribution in [0.1, 0.15) is 22.9 Å². The van der Waals surface area contributed by atoms with E-state index in [1.54, 1.807) is 48.5 Å². The Bertz CT molecular complexity index is 1120. The first-order valence-electron chi connectivity index (χ1n) is 9.70. The van der Waals surface area contributed by atoms with E-state index in [1.807, 2.05) is 0 Å². The van der Waals surface area contributed by atoms with Crippen LogP contribution < -0.4 is 4.74 Å². The normalized spacial score (nSPS) is 17.9. The highest BCUT2D eigenvalue weighted by atomic mass is 19.1. The third-order valence-corrected chi connectivity index (χ3v) is 5.27. The van der Waals surface area contributed by atoms with Crippen LogP contribution in [-0.2, 0) is 16.0 Å². The van der Waals surface area contributed by atoms with Gasteiger partial charge in [0.25, 0.3) is 11.7 Å². The van der Waals surface area contributed by atoms with Gasteiger partial charge >= 0.3 is 0 Å². The maximum atomic E-state index is 13.2. The van der Waals surface area contributed by atoms with E-state index in [2.05, 4.69) is 0 Å². The second kappa shape index (κ2) is 8.47. The van der Waals surface area contributed by atoms with E-state index in [0.29, 0.717) is 23.5 Å². The predicted molar refractivity (Wildman–Crippen MR) is 111 cm³/mol. The minimum Gasteiger partial charge on any atom is -0.507 e. The molecule has 1 unspecified atom stereocenters. The fourth-order valence-corrected chi connectivity index (χ4v) is 3.66. The summed E-state index contributed by atoms with van der Waals surface area (Å²) in [5.74, 6) is -1.18. The first-order valence-corrected chi connectivity index (χ1v) is 9.70. The number of hydrogen-bond acceptors (Lipinski definition) is 5. The lowest BCUT2D eigenvalue weighted by molar-refractivity contribution is -0.140. The van der Waals surface area contributed by atoms with Crippen LogP contribution in [0.5, 0.6) is 5.75 Å². The summed E-state index contributed by atoms with van der Waals surface area (Å²) in [7, 11) is 1.53. The third kappa shape index (κ3) is 3.94. The molecule has 0 bridgehead atoms. The molecule has 3 aromatic rings. The van der Waals surface area contributed by atoms with Crippen molar-refractivity contribution in [1.82, 2.24) is 4.90 Å². The van der Waals surface area contributed by atoms with Crippen LogP contribution in [0.2, 0.25) is 0 Å². The fraction of sp³-hybridized carbons (Fsp3) is 0.167. The molecule has 7 heteroatoms. The van der Waals surface area contributed by atoms with E-state index in [9.17, 15) is 19.1 Å². The summed E-state index contributed by atoms with van der Waals surface area (Å²) in [6, 6.07) is 14.9. The Kier molecular flexibility index (Phi) is 5.58. The number of amides is 1. The van der Waals surface area contributed by atoms with Gasteiger partial charge in [-0.05, 0) is 60.5 Å². The van der Waals surface area contributed by atoms with Gasteiger partial charge in [0.15, 0.2) is 0 Å². The van der Waals surface area contributed by atoms with Gasteiger partial charge in [-0.25, -0.2) is 4.39 Å². The lowest BCUT2D eigenvalue weighted by atomic mass is 9.99. The summed E-state index contributed by atoms with van der Waals surface area (Å²) in [5.41, 5.74) is 1.16. The molecule has 1 aliphatic rings. The van der Waals surface area contributed by atoms with Crippen molar-refractivity contribution in [3.8, 4) is 5.75 Å².